The van der Waals surface area contributed by atoms with Crippen LogP contribution in [0.3, 0.4) is 0 Å². The Morgan fingerprint density at radius 2 is 1.77 bits per heavy atom. The summed E-state index contributed by atoms with van der Waals surface area (Å²) in [5, 5.41) is 9.77. The molecule has 0 unspecified atom stereocenters. The Balaban J connectivity index is 1.74. The van der Waals surface area contributed by atoms with Crippen molar-refractivity contribution < 1.29 is 0 Å². The Morgan fingerprint density at radius 3 is 2.40 bits per heavy atom. The molecule has 4 aromatic rings. The Hall–Kier alpha value is -3.58. The predicted molar refractivity (Wildman–Crippen MR) is 124 cm³/mol. The zero-order chi connectivity index (χ0) is 21.5. The SMILES string of the molecule is Cc1cc(/C=C(/C#N)c2nc3ccccc3[nH]2)c(C)n1-c1ccc(C(C)(C)C)cc1. The monoisotopic (exact) mass is 394 g/mol. The second kappa shape index (κ2) is 7.35. The second-order valence-corrected chi connectivity index (χ2v) is 8.73. The summed E-state index contributed by atoms with van der Waals surface area (Å²) in [6.07, 6.45) is 1.92. The number of hydrogen-bond acceptors (Lipinski definition) is 2. The molecule has 0 spiro atoms. The number of rotatable bonds is 3. The van der Waals surface area contributed by atoms with Gasteiger partial charge in [0.15, 0.2) is 0 Å². The highest BCUT2D eigenvalue weighted by Crippen LogP contribution is 2.28. The van der Waals surface area contributed by atoms with Gasteiger partial charge in [-0.2, -0.15) is 5.26 Å². The molecule has 4 rings (SSSR count). The molecule has 0 bridgehead atoms. The molecule has 4 nitrogen and oxygen atoms in total. The van der Waals surface area contributed by atoms with Crippen molar-refractivity contribution in [3.05, 3.63) is 82.9 Å². The third kappa shape index (κ3) is 3.55. The van der Waals surface area contributed by atoms with Gasteiger partial charge in [0.25, 0.3) is 0 Å². The number of nitrogens with zero attached hydrogens (tertiary/aromatic N) is 3. The lowest BCUT2D eigenvalue weighted by Crippen LogP contribution is -2.11. The first-order valence-corrected chi connectivity index (χ1v) is 10.1. The molecule has 0 aliphatic heterocycles. The van der Waals surface area contributed by atoms with Gasteiger partial charge in [0.1, 0.15) is 11.9 Å². The van der Waals surface area contributed by atoms with Crippen molar-refractivity contribution in [2.45, 2.75) is 40.0 Å². The fraction of sp³-hybridized carbons (Fsp3) is 0.231. The lowest BCUT2D eigenvalue weighted by molar-refractivity contribution is 0.590. The molecular weight excluding hydrogens is 368 g/mol. The maximum atomic E-state index is 9.77. The van der Waals surface area contributed by atoms with Crippen molar-refractivity contribution in [3.8, 4) is 11.8 Å². The van der Waals surface area contributed by atoms with E-state index < -0.39 is 0 Å². The molecule has 1 N–H and O–H groups in total. The molecular formula is C26H26N4. The molecule has 2 aromatic heterocycles. The van der Waals surface area contributed by atoms with Crippen LogP contribution in [-0.2, 0) is 5.41 Å². The minimum absolute atomic E-state index is 0.126. The summed E-state index contributed by atoms with van der Waals surface area (Å²) >= 11 is 0. The van der Waals surface area contributed by atoms with E-state index in [1.165, 1.54) is 5.56 Å². The number of aryl methyl sites for hydroxylation is 1. The topological polar surface area (TPSA) is 57.4 Å². The molecule has 150 valence electrons. The molecule has 30 heavy (non-hydrogen) atoms. The highest BCUT2D eigenvalue weighted by atomic mass is 15.0. The van der Waals surface area contributed by atoms with Gasteiger partial charge in [-0.1, -0.05) is 45.0 Å². The Morgan fingerprint density at radius 1 is 1.07 bits per heavy atom. The van der Waals surface area contributed by atoms with Crippen LogP contribution in [0.25, 0.3) is 28.4 Å². The normalized spacial score (nSPS) is 12.3. The Labute approximate surface area is 177 Å². The van der Waals surface area contributed by atoms with E-state index in [4.69, 9.17) is 0 Å². The van der Waals surface area contributed by atoms with Gasteiger partial charge >= 0.3 is 0 Å². The van der Waals surface area contributed by atoms with Crippen LogP contribution in [0, 0.1) is 25.2 Å². The number of fused-ring (bicyclic) bond motifs is 1. The summed E-state index contributed by atoms with van der Waals surface area (Å²) < 4.78 is 2.23. The first-order valence-electron chi connectivity index (χ1n) is 10.1. The Kier molecular flexibility index (Phi) is 4.83. The molecule has 0 saturated heterocycles. The highest BCUT2D eigenvalue weighted by Gasteiger charge is 2.15. The molecule has 0 aliphatic rings. The minimum Gasteiger partial charge on any atom is -0.337 e. The average Bonchev–Trinajstić information content (AvgIpc) is 3.26. The number of para-hydroxylation sites is 2. The third-order valence-corrected chi connectivity index (χ3v) is 5.53. The molecule has 0 aliphatic carbocycles. The summed E-state index contributed by atoms with van der Waals surface area (Å²) in [4.78, 5) is 7.83. The van der Waals surface area contributed by atoms with Crippen molar-refractivity contribution in [3.63, 3.8) is 0 Å². The summed E-state index contributed by atoms with van der Waals surface area (Å²) in [5.41, 5.74) is 8.12. The summed E-state index contributed by atoms with van der Waals surface area (Å²) in [6.45, 7) is 10.8. The fourth-order valence-electron chi connectivity index (χ4n) is 3.83. The van der Waals surface area contributed by atoms with Crippen molar-refractivity contribution in [2.24, 2.45) is 0 Å². The van der Waals surface area contributed by atoms with Crippen LogP contribution in [0.4, 0.5) is 0 Å². The number of imidazole rings is 1. The maximum Gasteiger partial charge on any atom is 0.149 e. The molecule has 0 radical (unpaired) electrons. The third-order valence-electron chi connectivity index (χ3n) is 5.53. The van der Waals surface area contributed by atoms with E-state index in [2.05, 4.69) is 85.6 Å². The van der Waals surface area contributed by atoms with Gasteiger partial charge in [-0.3, -0.25) is 0 Å². The molecule has 4 heteroatoms. The van der Waals surface area contributed by atoms with Gasteiger partial charge in [-0.25, -0.2) is 4.98 Å². The van der Waals surface area contributed by atoms with Crippen LogP contribution < -0.4 is 0 Å². The average molecular weight is 395 g/mol. The highest BCUT2D eigenvalue weighted by molar-refractivity contribution is 5.90. The number of hydrogen-bond donors (Lipinski definition) is 1. The molecule has 0 saturated carbocycles. The van der Waals surface area contributed by atoms with Gasteiger partial charge < -0.3 is 9.55 Å². The van der Waals surface area contributed by atoms with Crippen LogP contribution in [-0.4, -0.2) is 14.5 Å². The van der Waals surface area contributed by atoms with E-state index in [1.54, 1.807) is 0 Å². The number of allylic oxidation sites excluding steroid dienone is 1. The maximum absolute atomic E-state index is 9.77. The standard InChI is InChI=1S/C26H26N4/c1-17-14-19(15-20(16-27)25-28-23-8-6-7-9-24(23)29-25)18(2)30(17)22-12-10-21(11-13-22)26(3,4)5/h6-15H,1-5H3,(H,28,29)/b20-15-. The van der Waals surface area contributed by atoms with Crippen molar-refractivity contribution in [1.29, 1.82) is 5.26 Å². The summed E-state index contributed by atoms with van der Waals surface area (Å²) in [5.74, 6) is 0.595. The van der Waals surface area contributed by atoms with Crippen LogP contribution >= 0.6 is 0 Å². The molecule has 0 fully saturated rings. The van der Waals surface area contributed by atoms with E-state index in [1.807, 2.05) is 30.3 Å². The lowest BCUT2D eigenvalue weighted by Gasteiger charge is -2.20. The zero-order valence-electron chi connectivity index (χ0n) is 18.1. The quantitative estimate of drug-likeness (QED) is 0.413. The smallest absolute Gasteiger partial charge is 0.149 e. The first kappa shape index (κ1) is 19.7. The largest absolute Gasteiger partial charge is 0.337 e. The number of aromatic amines is 1. The van der Waals surface area contributed by atoms with E-state index in [0.29, 0.717) is 11.4 Å². The van der Waals surface area contributed by atoms with Crippen molar-refractivity contribution >= 4 is 22.7 Å². The predicted octanol–water partition coefficient (Wildman–Crippen LogP) is 6.33. The number of nitrogens with one attached hydrogen (secondary N) is 1. The van der Waals surface area contributed by atoms with Crippen LogP contribution in [0.1, 0.15) is 49.1 Å². The van der Waals surface area contributed by atoms with Crippen LogP contribution in [0.15, 0.2) is 54.6 Å². The number of nitriles is 1. The van der Waals surface area contributed by atoms with Gasteiger partial charge in [0.2, 0.25) is 0 Å². The van der Waals surface area contributed by atoms with Gasteiger partial charge in [0.05, 0.1) is 16.6 Å². The van der Waals surface area contributed by atoms with E-state index in [9.17, 15) is 5.26 Å². The van der Waals surface area contributed by atoms with E-state index in [0.717, 1.165) is 33.7 Å². The lowest BCUT2D eigenvalue weighted by atomic mass is 9.87. The number of benzene rings is 2. The van der Waals surface area contributed by atoms with Crippen molar-refractivity contribution in [1.82, 2.24) is 14.5 Å². The van der Waals surface area contributed by atoms with E-state index >= 15 is 0 Å². The van der Waals surface area contributed by atoms with Gasteiger partial charge in [0, 0.05) is 17.1 Å². The van der Waals surface area contributed by atoms with Crippen molar-refractivity contribution in [2.75, 3.05) is 0 Å². The molecule has 0 atom stereocenters. The molecule has 0 amide bonds. The first-order chi connectivity index (χ1) is 14.3. The van der Waals surface area contributed by atoms with Gasteiger partial charge in [-0.05, 0) is 66.8 Å². The zero-order valence-corrected chi connectivity index (χ0v) is 18.1. The van der Waals surface area contributed by atoms with E-state index in [-0.39, 0.29) is 5.41 Å². The van der Waals surface area contributed by atoms with Crippen LogP contribution in [0.2, 0.25) is 0 Å². The molecule has 2 aromatic carbocycles. The second-order valence-electron chi connectivity index (χ2n) is 8.73. The number of aromatic nitrogens is 3. The molecule has 2 heterocycles. The minimum atomic E-state index is 0.126. The van der Waals surface area contributed by atoms with Gasteiger partial charge in [-0.15, -0.1) is 0 Å². The summed E-state index contributed by atoms with van der Waals surface area (Å²) in [7, 11) is 0. The van der Waals surface area contributed by atoms with Crippen LogP contribution in [0.5, 0.6) is 0 Å². The summed E-state index contributed by atoms with van der Waals surface area (Å²) in [6, 6.07) is 21.0. The fourth-order valence-corrected chi connectivity index (χ4v) is 3.83. The Bertz CT molecular complexity index is 1250. The number of H-pyrrole nitrogens is 1.